The normalized spacial score (nSPS) is 30.3. The molecule has 1 aromatic rings. The highest BCUT2D eigenvalue weighted by Gasteiger charge is 2.67. The Morgan fingerprint density at radius 1 is 1.31 bits per heavy atom. The van der Waals surface area contributed by atoms with E-state index in [0.717, 1.165) is 0 Å². The van der Waals surface area contributed by atoms with E-state index < -0.39 is 52.3 Å². The van der Waals surface area contributed by atoms with E-state index in [1.165, 1.54) is 29.2 Å². The molecule has 0 N–H and O–H groups in total. The third kappa shape index (κ3) is 2.98. The van der Waals surface area contributed by atoms with E-state index in [2.05, 4.69) is 0 Å². The van der Waals surface area contributed by atoms with Gasteiger partial charge in [0.05, 0.1) is 11.0 Å². The number of esters is 1. The number of hydrogen-bond acceptors (Lipinski definition) is 9. The van der Waals surface area contributed by atoms with Gasteiger partial charge in [-0.1, -0.05) is 0 Å². The number of nitrogens with zero attached hydrogens (tertiary/aromatic N) is 2. The topological polar surface area (TPSA) is 142 Å². The summed E-state index contributed by atoms with van der Waals surface area (Å²) in [6.45, 7) is 1.26. The van der Waals surface area contributed by atoms with Gasteiger partial charge >= 0.3 is 12.1 Å². The number of hydrogen-bond donors (Lipinski definition) is 0. The number of carbonyl (C=O) groups is 4. The first-order chi connectivity index (χ1) is 13.7. The highest BCUT2D eigenvalue weighted by molar-refractivity contribution is 6.11. The van der Waals surface area contributed by atoms with Crippen molar-refractivity contribution < 1.29 is 38.3 Å². The number of benzene rings is 1. The molecule has 11 heteroatoms. The van der Waals surface area contributed by atoms with Gasteiger partial charge in [0.2, 0.25) is 5.91 Å². The van der Waals surface area contributed by atoms with E-state index in [4.69, 9.17) is 14.2 Å². The molecule has 3 heterocycles. The van der Waals surface area contributed by atoms with Gasteiger partial charge in [0.25, 0.3) is 5.69 Å². The summed E-state index contributed by atoms with van der Waals surface area (Å²) in [6, 6.07) is 3.51. The minimum atomic E-state index is -1.34. The van der Waals surface area contributed by atoms with Gasteiger partial charge in [0.1, 0.15) is 19.1 Å². The maximum Gasteiger partial charge on any atom is 0.509 e. The van der Waals surface area contributed by atoms with E-state index in [1.54, 1.807) is 6.92 Å². The Morgan fingerprint density at radius 2 is 2.00 bits per heavy atom. The molecule has 0 bridgehead atoms. The molecule has 3 aliphatic heterocycles. The second-order valence-corrected chi connectivity index (χ2v) is 7.35. The molecule has 29 heavy (non-hydrogen) atoms. The first-order valence-electron chi connectivity index (χ1n) is 8.82. The molecule has 2 unspecified atom stereocenters. The molecule has 1 aromatic carbocycles. The van der Waals surface area contributed by atoms with Gasteiger partial charge in [-0.25, -0.2) is 9.59 Å². The van der Waals surface area contributed by atoms with Crippen molar-refractivity contribution in [2.75, 3.05) is 6.61 Å². The van der Waals surface area contributed by atoms with Crippen LogP contribution in [0, 0.1) is 16.0 Å². The van der Waals surface area contributed by atoms with Crippen molar-refractivity contribution in [3.05, 3.63) is 39.9 Å². The smallest absolute Gasteiger partial charge is 0.459 e. The van der Waals surface area contributed by atoms with E-state index in [9.17, 15) is 29.3 Å². The molecule has 0 saturated carbocycles. The largest absolute Gasteiger partial charge is 0.509 e. The molecule has 0 radical (unpaired) electrons. The number of ketones is 1. The van der Waals surface area contributed by atoms with Gasteiger partial charge in [0, 0.05) is 18.6 Å². The number of non-ortho nitro benzene ring substituents is 1. The fourth-order valence-corrected chi connectivity index (χ4v) is 4.04. The first kappa shape index (κ1) is 18.8. The summed E-state index contributed by atoms with van der Waals surface area (Å²) >= 11 is 0. The number of carbonyl (C=O) groups excluding carboxylic acids is 4. The average molecular weight is 404 g/mol. The second kappa shape index (κ2) is 6.54. The maximum atomic E-state index is 12.6. The molecule has 1 amide bonds. The molecule has 3 fully saturated rings. The van der Waals surface area contributed by atoms with Gasteiger partial charge in [-0.05, 0) is 24.6 Å². The van der Waals surface area contributed by atoms with E-state index >= 15 is 0 Å². The van der Waals surface area contributed by atoms with Crippen LogP contribution >= 0.6 is 0 Å². The summed E-state index contributed by atoms with van der Waals surface area (Å²) in [7, 11) is 0. The lowest BCUT2D eigenvalue weighted by Crippen LogP contribution is -2.68. The second-order valence-electron chi connectivity index (χ2n) is 7.35. The molecule has 3 saturated heterocycles. The summed E-state index contributed by atoms with van der Waals surface area (Å²) in [5, 5.41) is 10.7. The van der Waals surface area contributed by atoms with Gasteiger partial charge < -0.3 is 19.1 Å². The summed E-state index contributed by atoms with van der Waals surface area (Å²) in [5.41, 5.74) is -0.773. The number of rotatable bonds is 5. The zero-order valence-corrected chi connectivity index (χ0v) is 15.2. The molecular formula is C18H16N2O9. The predicted molar refractivity (Wildman–Crippen MR) is 91.3 cm³/mol. The molecule has 0 aromatic heterocycles. The molecular weight excluding hydrogens is 388 g/mol. The molecule has 0 aliphatic carbocycles. The van der Waals surface area contributed by atoms with Crippen LogP contribution in [0.3, 0.4) is 0 Å². The Morgan fingerprint density at radius 3 is 2.59 bits per heavy atom. The van der Waals surface area contributed by atoms with Crippen molar-refractivity contribution in [3.63, 3.8) is 0 Å². The Balaban J connectivity index is 1.41. The zero-order valence-electron chi connectivity index (χ0n) is 15.2. The van der Waals surface area contributed by atoms with Crippen LogP contribution in [-0.2, 0) is 35.2 Å². The van der Waals surface area contributed by atoms with E-state index in [-0.39, 0.29) is 25.3 Å². The predicted octanol–water partition coefficient (Wildman–Crippen LogP) is 0.732. The van der Waals surface area contributed by atoms with Crippen molar-refractivity contribution in [2.45, 2.75) is 37.6 Å². The Kier molecular flexibility index (Phi) is 4.25. The van der Waals surface area contributed by atoms with Gasteiger partial charge in [-0.3, -0.25) is 19.7 Å². The quantitative estimate of drug-likeness (QED) is 0.228. The van der Waals surface area contributed by atoms with Crippen molar-refractivity contribution >= 4 is 29.5 Å². The minimum Gasteiger partial charge on any atom is -0.459 e. The fraction of sp³-hybridized carbons (Fsp3) is 0.444. The number of fused-ring (bicyclic) bond motifs is 1. The third-order valence-corrected chi connectivity index (χ3v) is 5.46. The first-order valence-corrected chi connectivity index (χ1v) is 8.82. The minimum absolute atomic E-state index is 0.0408. The lowest BCUT2D eigenvalue weighted by Gasteiger charge is -2.48. The summed E-state index contributed by atoms with van der Waals surface area (Å²) in [6.07, 6.45) is -0.914. The molecule has 152 valence electrons. The number of amides is 1. The zero-order chi connectivity index (χ0) is 20.9. The fourth-order valence-electron chi connectivity index (χ4n) is 4.04. The third-order valence-electron chi connectivity index (χ3n) is 5.46. The van der Waals surface area contributed by atoms with Crippen LogP contribution < -0.4 is 0 Å². The Labute approximate surface area is 163 Å². The van der Waals surface area contributed by atoms with Crippen molar-refractivity contribution in [1.82, 2.24) is 4.90 Å². The van der Waals surface area contributed by atoms with Crippen LogP contribution in [-0.4, -0.2) is 57.9 Å². The molecule has 11 nitrogen and oxygen atoms in total. The Hall–Kier alpha value is -3.50. The van der Waals surface area contributed by atoms with Crippen LogP contribution in [0.5, 0.6) is 0 Å². The van der Waals surface area contributed by atoms with Gasteiger partial charge in [-0.2, -0.15) is 0 Å². The van der Waals surface area contributed by atoms with E-state index in [1.807, 2.05) is 0 Å². The van der Waals surface area contributed by atoms with Gasteiger partial charge in [-0.15, -0.1) is 0 Å². The lowest BCUT2D eigenvalue weighted by atomic mass is 9.75. The number of Topliss-reactive ketones (excluding diaryl/α,β-unsaturated/α-hetero) is 1. The number of ether oxygens (including phenoxy) is 3. The molecule has 4 atom stereocenters. The Bertz CT molecular complexity index is 928. The summed E-state index contributed by atoms with van der Waals surface area (Å²) in [5.74, 6) is -2.55. The van der Waals surface area contributed by atoms with Crippen LogP contribution in [0.15, 0.2) is 24.3 Å². The lowest BCUT2D eigenvalue weighted by molar-refractivity contribution is -0.384. The molecule has 4 rings (SSSR count). The van der Waals surface area contributed by atoms with E-state index in [0.29, 0.717) is 5.56 Å². The van der Waals surface area contributed by atoms with Crippen LogP contribution in [0.4, 0.5) is 10.5 Å². The summed E-state index contributed by atoms with van der Waals surface area (Å²) < 4.78 is 15.0. The number of β-lactam (4-membered cyclic amide) rings is 1. The SMILES string of the molecule is CC1([C@@H]2C(=O)N3C2CC(=O)[C@@H]3C(=O)OCc2ccc([N+](=O)[O-])cc2)COC(=O)O1. The monoisotopic (exact) mass is 404 g/mol. The molecule has 3 aliphatic rings. The van der Waals surface area contributed by atoms with Crippen molar-refractivity contribution in [1.29, 1.82) is 0 Å². The number of nitro groups is 1. The maximum absolute atomic E-state index is 12.6. The standard InChI is InChI=1S/C18H16N2O9/c1-18(8-28-17(24)29-18)13-11-6-12(21)14(19(11)15(13)22)16(23)27-7-9-2-4-10(5-3-9)20(25)26/h2-5,11,13-14H,6-8H2,1H3/t11?,13-,14+,18?/m0/s1. The van der Waals surface area contributed by atoms with Crippen LogP contribution in [0.25, 0.3) is 0 Å². The summed E-state index contributed by atoms with van der Waals surface area (Å²) in [4.78, 5) is 60.0. The van der Waals surface area contributed by atoms with Crippen LogP contribution in [0.2, 0.25) is 0 Å². The highest BCUT2D eigenvalue weighted by atomic mass is 16.8. The molecule has 0 spiro atoms. The van der Waals surface area contributed by atoms with Crippen molar-refractivity contribution in [2.24, 2.45) is 5.92 Å². The average Bonchev–Trinajstić information content (AvgIpc) is 3.16. The highest BCUT2D eigenvalue weighted by Crippen LogP contribution is 2.46. The van der Waals surface area contributed by atoms with Crippen LogP contribution in [0.1, 0.15) is 18.9 Å². The van der Waals surface area contributed by atoms with Crippen molar-refractivity contribution in [3.8, 4) is 0 Å². The number of nitro benzene ring substituents is 1. The van der Waals surface area contributed by atoms with Gasteiger partial charge in [0.15, 0.2) is 17.4 Å². The number of cyclic esters (lactones) is 2.